The maximum atomic E-state index is 11.7. The molecular formula is C11H20N2O2. The summed E-state index contributed by atoms with van der Waals surface area (Å²) in [7, 11) is 1.79. The number of nitrogens with one attached hydrogen (secondary N) is 1. The molecule has 2 fully saturated rings. The maximum Gasteiger partial charge on any atom is 0.236 e. The quantitative estimate of drug-likeness (QED) is 0.683. The molecule has 0 aromatic carbocycles. The van der Waals surface area contributed by atoms with E-state index >= 15 is 0 Å². The Morgan fingerprint density at radius 1 is 1.60 bits per heavy atom. The number of rotatable bonds is 3. The van der Waals surface area contributed by atoms with Gasteiger partial charge in [0.1, 0.15) is 0 Å². The number of carbonyl (C=O) groups is 1. The summed E-state index contributed by atoms with van der Waals surface area (Å²) >= 11 is 0. The topological polar surface area (TPSA) is 52.6 Å². The van der Waals surface area contributed by atoms with E-state index < -0.39 is 0 Å². The van der Waals surface area contributed by atoms with Crippen LogP contribution in [-0.4, -0.2) is 49.2 Å². The zero-order chi connectivity index (χ0) is 10.9. The van der Waals surface area contributed by atoms with Crippen molar-refractivity contribution in [2.24, 2.45) is 11.3 Å². The summed E-state index contributed by atoms with van der Waals surface area (Å²) in [5, 5.41) is 12.2. The van der Waals surface area contributed by atoms with Crippen LogP contribution in [0.2, 0.25) is 0 Å². The molecular weight excluding hydrogens is 192 g/mol. The number of hydrogen-bond donors (Lipinski definition) is 2. The van der Waals surface area contributed by atoms with Gasteiger partial charge >= 0.3 is 0 Å². The Kier molecular flexibility index (Phi) is 2.98. The summed E-state index contributed by atoms with van der Waals surface area (Å²) in [6.07, 6.45) is 3.62. The SMILES string of the molecule is CNCC(=O)N1C[C@@H](CO)C2(CCC2)C1. The molecule has 0 aromatic heterocycles. The van der Waals surface area contributed by atoms with Crippen molar-refractivity contribution < 1.29 is 9.90 Å². The molecule has 2 aliphatic rings. The molecule has 0 radical (unpaired) electrons. The summed E-state index contributed by atoms with van der Waals surface area (Å²) < 4.78 is 0. The van der Waals surface area contributed by atoms with E-state index in [-0.39, 0.29) is 17.9 Å². The fourth-order valence-corrected chi connectivity index (χ4v) is 2.94. The van der Waals surface area contributed by atoms with E-state index in [0.717, 1.165) is 13.1 Å². The van der Waals surface area contributed by atoms with E-state index in [4.69, 9.17) is 0 Å². The first kappa shape index (κ1) is 10.9. The van der Waals surface area contributed by atoms with Crippen molar-refractivity contribution in [3.63, 3.8) is 0 Å². The Bertz CT molecular complexity index is 251. The second kappa shape index (κ2) is 4.10. The zero-order valence-corrected chi connectivity index (χ0v) is 9.33. The normalized spacial score (nSPS) is 28.1. The second-order valence-electron chi connectivity index (χ2n) is 4.90. The summed E-state index contributed by atoms with van der Waals surface area (Å²) in [6.45, 7) is 2.24. The standard InChI is InChI=1S/C11H20N2O2/c1-12-5-10(15)13-6-9(7-14)11(8-13)3-2-4-11/h9,12,14H,2-8H2,1H3/t9-/m0/s1. The first-order valence-electron chi connectivity index (χ1n) is 5.75. The first-order valence-corrected chi connectivity index (χ1v) is 5.75. The Morgan fingerprint density at radius 2 is 2.33 bits per heavy atom. The van der Waals surface area contributed by atoms with Gasteiger partial charge in [-0.3, -0.25) is 4.79 Å². The number of aliphatic hydroxyl groups is 1. The van der Waals surface area contributed by atoms with Crippen LogP contribution in [0.3, 0.4) is 0 Å². The van der Waals surface area contributed by atoms with E-state index in [1.165, 1.54) is 19.3 Å². The van der Waals surface area contributed by atoms with Gasteiger partial charge < -0.3 is 15.3 Å². The molecule has 86 valence electrons. The number of likely N-dealkylation sites (N-methyl/N-ethyl adjacent to an activating group) is 1. The van der Waals surface area contributed by atoms with Gasteiger partial charge in [-0.25, -0.2) is 0 Å². The van der Waals surface area contributed by atoms with E-state index in [9.17, 15) is 9.90 Å². The number of aliphatic hydroxyl groups excluding tert-OH is 1. The monoisotopic (exact) mass is 212 g/mol. The van der Waals surface area contributed by atoms with Gasteiger partial charge in [0.25, 0.3) is 0 Å². The summed E-state index contributed by atoms with van der Waals surface area (Å²) in [6, 6.07) is 0. The van der Waals surface area contributed by atoms with Gasteiger partial charge in [-0.1, -0.05) is 6.42 Å². The summed E-state index contributed by atoms with van der Waals surface area (Å²) in [5.41, 5.74) is 0.262. The third kappa shape index (κ3) is 1.76. The molecule has 0 bridgehead atoms. The molecule has 1 spiro atoms. The van der Waals surface area contributed by atoms with Crippen molar-refractivity contribution in [1.29, 1.82) is 0 Å². The molecule has 0 aromatic rings. The fraction of sp³-hybridized carbons (Fsp3) is 0.909. The van der Waals surface area contributed by atoms with Crippen LogP contribution < -0.4 is 5.32 Å². The number of likely N-dealkylation sites (tertiary alicyclic amines) is 1. The number of carbonyl (C=O) groups excluding carboxylic acids is 1. The van der Waals surface area contributed by atoms with Gasteiger partial charge in [0.2, 0.25) is 5.91 Å². The van der Waals surface area contributed by atoms with Crippen LogP contribution in [0.25, 0.3) is 0 Å². The van der Waals surface area contributed by atoms with Crippen LogP contribution in [0.5, 0.6) is 0 Å². The Morgan fingerprint density at radius 3 is 2.73 bits per heavy atom. The Balaban J connectivity index is 1.98. The van der Waals surface area contributed by atoms with Crippen molar-refractivity contribution >= 4 is 5.91 Å². The van der Waals surface area contributed by atoms with Gasteiger partial charge in [0.05, 0.1) is 6.54 Å². The highest BCUT2D eigenvalue weighted by Crippen LogP contribution is 2.51. The number of amides is 1. The van der Waals surface area contributed by atoms with E-state index in [0.29, 0.717) is 12.5 Å². The molecule has 1 saturated carbocycles. The van der Waals surface area contributed by atoms with Gasteiger partial charge in [0.15, 0.2) is 0 Å². The fourth-order valence-electron chi connectivity index (χ4n) is 2.94. The van der Waals surface area contributed by atoms with Crippen LogP contribution in [0.4, 0.5) is 0 Å². The number of nitrogens with zero attached hydrogens (tertiary/aromatic N) is 1. The molecule has 1 aliphatic heterocycles. The van der Waals surface area contributed by atoms with Crippen molar-refractivity contribution in [2.45, 2.75) is 19.3 Å². The highest BCUT2D eigenvalue weighted by molar-refractivity contribution is 5.78. The number of hydrogen-bond acceptors (Lipinski definition) is 3. The Labute approximate surface area is 90.6 Å². The first-order chi connectivity index (χ1) is 7.22. The summed E-state index contributed by atoms with van der Waals surface area (Å²) in [5.74, 6) is 0.479. The van der Waals surface area contributed by atoms with Crippen LogP contribution in [0.1, 0.15) is 19.3 Å². The van der Waals surface area contributed by atoms with Gasteiger partial charge in [-0.05, 0) is 25.3 Å². The average Bonchev–Trinajstić information content (AvgIpc) is 2.56. The van der Waals surface area contributed by atoms with Gasteiger partial charge in [-0.15, -0.1) is 0 Å². The van der Waals surface area contributed by atoms with E-state index in [2.05, 4.69) is 5.32 Å². The Hall–Kier alpha value is -0.610. The van der Waals surface area contributed by atoms with E-state index in [1.807, 2.05) is 4.90 Å². The minimum atomic E-state index is 0.166. The molecule has 0 unspecified atom stereocenters. The van der Waals surface area contributed by atoms with Crippen LogP contribution in [0.15, 0.2) is 0 Å². The van der Waals surface area contributed by atoms with Crippen molar-refractivity contribution in [1.82, 2.24) is 10.2 Å². The van der Waals surface area contributed by atoms with Crippen molar-refractivity contribution in [3.05, 3.63) is 0 Å². The second-order valence-corrected chi connectivity index (χ2v) is 4.90. The van der Waals surface area contributed by atoms with Gasteiger partial charge in [0, 0.05) is 25.6 Å². The van der Waals surface area contributed by atoms with Crippen molar-refractivity contribution in [3.8, 4) is 0 Å². The third-order valence-electron chi connectivity index (χ3n) is 4.06. The van der Waals surface area contributed by atoms with Crippen LogP contribution in [-0.2, 0) is 4.79 Å². The molecule has 1 atom stereocenters. The third-order valence-corrected chi connectivity index (χ3v) is 4.06. The minimum Gasteiger partial charge on any atom is -0.396 e. The molecule has 1 saturated heterocycles. The summed E-state index contributed by atoms with van der Waals surface area (Å²) in [4.78, 5) is 13.6. The predicted molar refractivity (Wildman–Crippen MR) is 57.4 cm³/mol. The highest BCUT2D eigenvalue weighted by Gasteiger charge is 2.50. The van der Waals surface area contributed by atoms with Crippen LogP contribution in [0, 0.1) is 11.3 Å². The average molecular weight is 212 g/mol. The lowest BCUT2D eigenvalue weighted by atomic mass is 9.63. The maximum absolute atomic E-state index is 11.7. The molecule has 1 heterocycles. The molecule has 4 nitrogen and oxygen atoms in total. The smallest absolute Gasteiger partial charge is 0.236 e. The zero-order valence-electron chi connectivity index (χ0n) is 9.33. The lowest BCUT2D eigenvalue weighted by Gasteiger charge is -2.42. The molecule has 1 aliphatic carbocycles. The lowest BCUT2D eigenvalue weighted by Crippen LogP contribution is -2.40. The molecule has 2 N–H and O–H groups in total. The predicted octanol–water partition coefficient (Wildman–Crippen LogP) is -0.173. The van der Waals surface area contributed by atoms with Crippen LogP contribution >= 0.6 is 0 Å². The van der Waals surface area contributed by atoms with Crippen molar-refractivity contribution in [2.75, 3.05) is 33.3 Å². The molecule has 15 heavy (non-hydrogen) atoms. The van der Waals surface area contributed by atoms with Gasteiger partial charge in [-0.2, -0.15) is 0 Å². The lowest BCUT2D eigenvalue weighted by molar-refractivity contribution is -0.129. The van der Waals surface area contributed by atoms with E-state index in [1.54, 1.807) is 7.05 Å². The molecule has 4 heteroatoms. The molecule has 1 amide bonds. The molecule has 2 rings (SSSR count). The largest absolute Gasteiger partial charge is 0.396 e. The minimum absolute atomic E-state index is 0.166. The highest BCUT2D eigenvalue weighted by atomic mass is 16.3.